The van der Waals surface area contributed by atoms with Gasteiger partial charge in [-0.1, -0.05) is 23.7 Å². The first-order valence-electron chi connectivity index (χ1n) is 9.59. The first-order chi connectivity index (χ1) is 15.4. The molecule has 0 radical (unpaired) electrons. The number of carbonyl (C=O) groups is 1. The number of halogens is 8. The standard InChI is InChI=1S/C20H18ClF6N3O3.ClH/c21-17-5-4-14(9-28-17)29-18(31)33-16(20(25,26)27)11-30-6-7-32-15(10-30)12-2-1-3-13(8-12)19(22,23)24;/h1-5,8-9,15-16H,6-7,10-11H2,(H,29,31);1H/t15?,16-;/m0./s1. The van der Waals surface area contributed by atoms with Crippen molar-refractivity contribution in [2.75, 3.05) is 31.6 Å². The minimum atomic E-state index is -4.88. The van der Waals surface area contributed by atoms with E-state index in [0.717, 1.165) is 18.3 Å². The molecule has 1 amide bonds. The number of alkyl halides is 6. The maximum Gasteiger partial charge on any atom is 0.426 e. The summed E-state index contributed by atoms with van der Waals surface area (Å²) in [5.74, 6) is 0. The van der Waals surface area contributed by atoms with Crippen LogP contribution in [-0.4, -0.2) is 54.5 Å². The van der Waals surface area contributed by atoms with Crippen LogP contribution >= 0.6 is 24.0 Å². The van der Waals surface area contributed by atoms with E-state index in [1.807, 2.05) is 0 Å². The van der Waals surface area contributed by atoms with Crippen molar-refractivity contribution in [3.8, 4) is 0 Å². The summed E-state index contributed by atoms with van der Waals surface area (Å²) in [5.41, 5.74) is -0.612. The van der Waals surface area contributed by atoms with Crippen molar-refractivity contribution in [1.82, 2.24) is 9.88 Å². The third-order valence-corrected chi connectivity index (χ3v) is 4.97. The van der Waals surface area contributed by atoms with Gasteiger partial charge in [-0.05, 0) is 29.8 Å². The monoisotopic (exact) mass is 533 g/mol. The number of amides is 1. The molecule has 1 aliphatic heterocycles. The zero-order chi connectivity index (χ0) is 24.2. The number of ether oxygens (including phenoxy) is 2. The number of carbonyl (C=O) groups excluding carboxylic acids is 1. The van der Waals surface area contributed by atoms with Gasteiger partial charge in [-0.3, -0.25) is 10.2 Å². The molecule has 1 aromatic heterocycles. The Labute approximate surface area is 201 Å². The summed E-state index contributed by atoms with van der Waals surface area (Å²) in [4.78, 5) is 17.0. The van der Waals surface area contributed by atoms with Crippen LogP contribution in [-0.2, 0) is 15.7 Å². The predicted octanol–water partition coefficient (Wildman–Crippen LogP) is 5.73. The third-order valence-electron chi connectivity index (χ3n) is 4.75. The van der Waals surface area contributed by atoms with Gasteiger partial charge < -0.3 is 9.47 Å². The summed E-state index contributed by atoms with van der Waals surface area (Å²) < 4.78 is 89.5. The van der Waals surface area contributed by atoms with Gasteiger partial charge in [0.15, 0.2) is 0 Å². The van der Waals surface area contributed by atoms with E-state index in [4.69, 9.17) is 16.3 Å². The highest BCUT2D eigenvalue weighted by Gasteiger charge is 2.44. The van der Waals surface area contributed by atoms with Crippen molar-refractivity contribution in [2.45, 2.75) is 24.6 Å². The SMILES string of the molecule is Cl.O=C(Nc1ccc(Cl)nc1)O[C@@H](CN1CCOC(c2cccc(C(F)(F)F)c2)C1)C(F)(F)F. The van der Waals surface area contributed by atoms with E-state index < -0.39 is 42.8 Å². The smallest absolute Gasteiger partial charge is 0.426 e. The highest BCUT2D eigenvalue weighted by molar-refractivity contribution is 6.29. The minimum absolute atomic E-state index is 0. The van der Waals surface area contributed by atoms with E-state index in [0.29, 0.717) is 0 Å². The molecule has 6 nitrogen and oxygen atoms in total. The maximum atomic E-state index is 13.5. The maximum absolute atomic E-state index is 13.5. The molecule has 1 N–H and O–H groups in total. The summed E-state index contributed by atoms with van der Waals surface area (Å²) in [7, 11) is 0. The topological polar surface area (TPSA) is 63.7 Å². The molecule has 2 atom stereocenters. The average molecular weight is 534 g/mol. The number of benzene rings is 1. The molecule has 1 aliphatic rings. The fourth-order valence-electron chi connectivity index (χ4n) is 3.15. The number of hydrogen-bond acceptors (Lipinski definition) is 5. The molecule has 34 heavy (non-hydrogen) atoms. The number of nitrogens with zero attached hydrogens (tertiary/aromatic N) is 2. The van der Waals surface area contributed by atoms with E-state index in [1.165, 1.54) is 29.2 Å². The first kappa shape index (κ1) is 28.0. The van der Waals surface area contributed by atoms with Gasteiger partial charge in [0.1, 0.15) is 5.15 Å². The second-order valence-corrected chi connectivity index (χ2v) is 7.56. The van der Waals surface area contributed by atoms with Crippen molar-refractivity contribution in [2.24, 2.45) is 0 Å². The molecule has 1 aromatic carbocycles. The van der Waals surface area contributed by atoms with Gasteiger partial charge in [-0.25, -0.2) is 9.78 Å². The summed E-state index contributed by atoms with van der Waals surface area (Å²) >= 11 is 5.61. The number of morpholine rings is 1. The average Bonchev–Trinajstić information content (AvgIpc) is 2.74. The second-order valence-electron chi connectivity index (χ2n) is 7.17. The zero-order valence-corrected chi connectivity index (χ0v) is 18.8. The minimum Gasteiger partial charge on any atom is -0.435 e. The van der Waals surface area contributed by atoms with Crippen molar-refractivity contribution < 1.29 is 40.6 Å². The van der Waals surface area contributed by atoms with E-state index >= 15 is 0 Å². The second kappa shape index (κ2) is 11.4. The summed E-state index contributed by atoms with van der Waals surface area (Å²) in [5, 5.41) is 2.26. The lowest BCUT2D eigenvalue weighted by Crippen LogP contribution is -2.48. The fraction of sp³-hybridized carbons (Fsp3) is 0.400. The predicted molar refractivity (Wildman–Crippen MR) is 113 cm³/mol. The number of anilines is 1. The van der Waals surface area contributed by atoms with Gasteiger partial charge in [0.05, 0.1) is 30.2 Å². The van der Waals surface area contributed by atoms with Gasteiger partial charge in [0.2, 0.25) is 6.10 Å². The van der Waals surface area contributed by atoms with Crippen LogP contribution in [0.5, 0.6) is 0 Å². The van der Waals surface area contributed by atoms with E-state index in [1.54, 1.807) is 0 Å². The summed E-state index contributed by atoms with van der Waals surface area (Å²) in [6.07, 6.45) is -13.0. The normalized spacial score (nSPS) is 18.0. The quantitative estimate of drug-likeness (QED) is 0.393. The molecule has 2 heterocycles. The van der Waals surface area contributed by atoms with Gasteiger partial charge in [0.25, 0.3) is 0 Å². The Hall–Kier alpha value is -2.28. The Balaban J connectivity index is 0.00000408. The Kier molecular flexibility index (Phi) is 9.40. The molecule has 0 spiro atoms. The van der Waals surface area contributed by atoms with Crippen LogP contribution < -0.4 is 5.32 Å². The van der Waals surface area contributed by atoms with Crippen LogP contribution in [0.15, 0.2) is 42.6 Å². The van der Waals surface area contributed by atoms with Crippen molar-refractivity contribution in [3.05, 3.63) is 58.9 Å². The highest BCUT2D eigenvalue weighted by Crippen LogP contribution is 2.33. The number of rotatable bonds is 5. The Bertz CT molecular complexity index is 960. The molecule has 1 saturated heterocycles. The van der Waals surface area contributed by atoms with E-state index in [9.17, 15) is 31.1 Å². The summed E-state index contributed by atoms with van der Waals surface area (Å²) in [6.45, 7) is -0.753. The number of aromatic nitrogens is 1. The molecule has 1 unspecified atom stereocenters. The van der Waals surface area contributed by atoms with Gasteiger partial charge in [0, 0.05) is 19.6 Å². The summed E-state index contributed by atoms with van der Waals surface area (Å²) in [6, 6.07) is 7.08. The van der Waals surface area contributed by atoms with Crippen LogP contribution in [0, 0.1) is 0 Å². The molecular weight excluding hydrogens is 515 g/mol. The van der Waals surface area contributed by atoms with Crippen LogP contribution in [0.4, 0.5) is 36.8 Å². The lowest BCUT2D eigenvalue weighted by atomic mass is 10.0. The van der Waals surface area contributed by atoms with Crippen molar-refractivity contribution in [3.63, 3.8) is 0 Å². The zero-order valence-electron chi connectivity index (χ0n) is 17.2. The Morgan fingerprint density at radius 2 is 1.97 bits per heavy atom. The van der Waals surface area contributed by atoms with Crippen molar-refractivity contribution in [1.29, 1.82) is 0 Å². The third kappa shape index (κ3) is 7.90. The first-order valence-corrected chi connectivity index (χ1v) is 9.96. The lowest BCUT2D eigenvalue weighted by molar-refractivity contribution is -0.209. The Morgan fingerprint density at radius 1 is 1.24 bits per heavy atom. The molecule has 1 fully saturated rings. The number of pyridine rings is 1. The molecule has 2 aromatic rings. The van der Waals surface area contributed by atoms with Crippen LogP contribution in [0.3, 0.4) is 0 Å². The molecule has 3 rings (SSSR count). The molecule has 0 saturated carbocycles. The highest BCUT2D eigenvalue weighted by atomic mass is 35.5. The van der Waals surface area contributed by atoms with Crippen LogP contribution in [0.2, 0.25) is 5.15 Å². The van der Waals surface area contributed by atoms with Gasteiger partial charge in [-0.2, -0.15) is 26.3 Å². The van der Waals surface area contributed by atoms with Gasteiger partial charge >= 0.3 is 18.4 Å². The molecule has 0 bridgehead atoms. The van der Waals surface area contributed by atoms with Crippen LogP contribution in [0.25, 0.3) is 0 Å². The lowest BCUT2D eigenvalue weighted by Gasteiger charge is -2.35. The largest absolute Gasteiger partial charge is 0.435 e. The Morgan fingerprint density at radius 3 is 2.59 bits per heavy atom. The number of nitrogens with one attached hydrogen (secondary N) is 1. The molecular formula is C20H19Cl2F6N3O3. The molecule has 14 heteroatoms. The van der Waals surface area contributed by atoms with Crippen molar-refractivity contribution >= 4 is 35.8 Å². The van der Waals surface area contributed by atoms with E-state index in [2.05, 4.69) is 15.0 Å². The molecule has 188 valence electrons. The van der Waals surface area contributed by atoms with Crippen LogP contribution in [0.1, 0.15) is 17.2 Å². The fourth-order valence-corrected chi connectivity index (χ4v) is 3.27. The number of hydrogen-bond donors (Lipinski definition) is 1. The van der Waals surface area contributed by atoms with E-state index in [-0.39, 0.29) is 48.5 Å². The van der Waals surface area contributed by atoms with Gasteiger partial charge in [-0.15, -0.1) is 12.4 Å². The molecule has 0 aliphatic carbocycles.